The van der Waals surface area contributed by atoms with Gasteiger partial charge in [-0.2, -0.15) is 0 Å². The van der Waals surface area contributed by atoms with Gasteiger partial charge in [0.25, 0.3) is 0 Å². The molecule has 112 valence electrons. The second-order valence-electron chi connectivity index (χ2n) is 6.37. The van der Waals surface area contributed by atoms with Gasteiger partial charge in [0.1, 0.15) is 0 Å². The fourth-order valence-corrected chi connectivity index (χ4v) is 4.08. The van der Waals surface area contributed by atoms with Gasteiger partial charge in [-0.05, 0) is 52.2 Å². The van der Waals surface area contributed by atoms with Gasteiger partial charge in [-0.15, -0.1) is 0 Å². The van der Waals surface area contributed by atoms with Gasteiger partial charge in [0.15, 0.2) is 0 Å². The van der Waals surface area contributed by atoms with Crippen molar-refractivity contribution >= 4 is 0 Å². The lowest BCUT2D eigenvalue weighted by atomic mass is 9.82. The van der Waals surface area contributed by atoms with Gasteiger partial charge in [0.2, 0.25) is 0 Å². The Morgan fingerprint density at radius 2 is 1.79 bits per heavy atom. The van der Waals surface area contributed by atoms with Crippen molar-refractivity contribution in [3.63, 3.8) is 0 Å². The van der Waals surface area contributed by atoms with Crippen molar-refractivity contribution in [2.24, 2.45) is 0 Å². The van der Waals surface area contributed by atoms with E-state index in [9.17, 15) is 0 Å². The highest BCUT2D eigenvalue weighted by Crippen LogP contribution is 2.33. The zero-order valence-electron chi connectivity index (χ0n) is 13.2. The van der Waals surface area contributed by atoms with E-state index in [0.717, 1.165) is 18.1 Å². The Morgan fingerprint density at radius 3 is 2.32 bits per heavy atom. The first-order chi connectivity index (χ1) is 9.28. The first-order valence-electron chi connectivity index (χ1n) is 8.43. The van der Waals surface area contributed by atoms with Gasteiger partial charge in [-0.1, -0.05) is 20.3 Å². The van der Waals surface area contributed by atoms with Gasteiger partial charge < -0.3 is 10.2 Å². The van der Waals surface area contributed by atoms with Crippen molar-refractivity contribution in [3.8, 4) is 0 Å². The quantitative estimate of drug-likeness (QED) is 0.764. The van der Waals surface area contributed by atoms with Crippen LogP contribution in [0.15, 0.2) is 0 Å². The second-order valence-corrected chi connectivity index (χ2v) is 6.37. The molecule has 2 unspecified atom stereocenters. The lowest BCUT2D eigenvalue weighted by Crippen LogP contribution is -2.57. The number of hydrogen-bond acceptors (Lipinski definition) is 3. The number of hydrogen-bond donors (Lipinski definition) is 1. The summed E-state index contributed by atoms with van der Waals surface area (Å²) in [6.07, 6.45) is 8.32. The van der Waals surface area contributed by atoms with E-state index in [4.69, 9.17) is 0 Å². The van der Waals surface area contributed by atoms with E-state index in [1.807, 2.05) is 0 Å². The number of nitrogens with one attached hydrogen (secondary N) is 1. The summed E-state index contributed by atoms with van der Waals surface area (Å²) in [5, 5.41) is 3.51. The molecule has 2 aliphatic rings. The monoisotopic (exact) mass is 267 g/mol. The predicted octanol–water partition coefficient (Wildman–Crippen LogP) is 2.32. The Kier molecular flexibility index (Phi) is 6.11. The van der Waals surface area contributed by atoms with Crippen molar-refractivity contribution < 1.29 is 0 Å². The molecule has 0 aromatic heterocycles. The average molecular weight is 267 g/mol. The number of rotatable bonds is 7. The van der Waals surface area contributed by atoms with Crippen LogP contribution in [-0.4, -0.2) is 61.2 Å². The Morgan fingerprint density at radius 1 is 1.11 bits per heavy atom. The fourth-order valence-electron chi connectivity index (χ4n) is 4.08. The molecule has 0 aromatic rings. The smallest absolute Gasteiger partial charge is 0.0115 e. The van der Waals surface area contributed by atoms with Crippen LogP contribution in [0.25, 0.3) is 0 Å². The van der Waals surface area contributed by atoms with Gasteiger partial charge in [0, 0.05) is 31.2 Å². The van der Waals surface area contributed by atoms with Crippen LogP contribution >= 0.6 is 0 Å². The molecule has 3 nitrogen and oxygen atoms in total. The van der Waals surface area contributed by atoms with E-state index >= 15 is 0 Å². The van der Waals surface area contributed by atoms with Crippen molar-refractivity contribution in [1.82, 2.24) is 15.1 Å². The zero-order chi connectivity index (χ0) is 13.7. The van der Waals surface area contributed by atoms with Crippen LogP contribution in [0.4, 0.5) is 0 Å². The molecule has 2 atom stereocenters. The van der Waals surface area contributed by atoms with Crippen LogP contribution in [0.1, 0.15) is 52.4 Å². The maximum Gasteiger partial charge on any atom is 0.0115 e. The van der Waals surface area contributed by atoms with Crippen LogP contribution < -0.4 is 5.32 Å². The van der Waals surface area contributed by atoms with Crippen LogP contribution in [0.3, 0.4) is 0 Å². The van der Waals surface area contributed by atoms with Crippen molar-refractivity contribution in [2.45, 2.75) is 70.5 Å². The summed E-state index contributed by atoms with van der Waals surface area (Å²) in [6, 6.07) is 2.47. The number of nitrogens with zero attached hydrogens (tertiary/aromatic N) is 2. The highest BCUT2D eigenvalue weighted by molar-refractivity contribution is 4.94. The molecule has 19 heavy (non-hydrogen) atoms. The van der Waals surface area contributed by atoms with Gasteiger partial charge in [-0.3, -0.25) is 4.90 Å². The molecule has 2 bridgehead atoms. The Labute approximate surface area is 119 Å². The maximum absolute atomic E-state index is 3.51. The summed E-state index contributed by atoms with van der Waals surface area (Å²) < 4.78 is 0. The first-order valence-corrected chi connectivity index (χ1v) is 8.43. The molecule has 0 aromatic carbocycles. The molecule has 2 rings (SSSR count). The summed E-state index contributed by atoms with van der Waals surface area (Å²) >= 11 is 0. The summed E-state index contributed by atoms with van der Waals surface area (Å²) in [6.45, 7) is 9.61. The minimum absolute atomic E-state index is 0.768. The normalized spacial score (nSPS) is 31.9. The molecular weight excluding hydrogens is 234 g/mol. The van der Waals surface area contributed by atoms with Crippen molar-refractivity contribution in [1.29, 1.82) is 0 Å². The van der Waals surface area contributed by atoms with Crippen LogP contribution in [0.5, 0.6) is 0 Å². The van der Waals surface area contributed by atoms with Crippen molar-refractivity contribution in [3.05, 3.63) is 0 Å². The third kappa shape index (κ3) is 3.93. The molecule has 2 heterocycles. The van der Waals surface area contributed by atoms with E-state index in [-0.39, 0.29) is 0 Å². The molecule has 3 heteroatoms. The van der Waals surface area contributed by atoms with Crippen molar-refractivity contribution in [2.75, 3.05) is 33.2 Å². The maximum atomic E-state index is 3.51. The second kappa shape index (κ2) is 7.61. The van der Waals surface area contributed by atoms with Gasteiger partial charge in [0.05, 0.1) is 0 Å². The lowest BCUT2D eigenvalue weighted by Gasteiger charge is -2.49. The molecule has 2 fully saturated rings. The Balaban J connectivity index is 1.85. The third-order valence-electron chi connectivity index (χ3n) is 5.20. The average Bonchev–Trinajstić information content (AvgIpc) is 2.42. The number of fused-ring (bicyclic) bond motifs is 2. The first kappa shape index (κ1) is 15.3. The standard InChI is InChI=1S/C16H33N3/c1-4-9-18(5-2)10-11-19-15-7-6-8-16(19)13-14(12-15)17-3/h14-17H,4-13H2,1-3H3. The molecule has 0 amide bonds. The predicted molar refractivity (Wildman–Crippen MR) is 82.6 cm³/mol. The number of piperidine rings is 2. The molecule has 0 radical (unpaired) electrons. The molecule has 0 saturated carbocycles. The topological polar surface area (TPSA) is 18.5 Å². The fraction of sp³-hybridized carbons (Fsp3) is 1.00. The highest BCUT2D eigenvalue weighted by atomic mass is 15.2. The largest absolute Gasteiger partial charge is 0.317 e. The molecule has 0 aliphatic carbocycles. The van der Waals surface area contributed by atoms with Gasteiger partial charge in [-0.25, -0.2) is 0 Å². The van der Waals surface area contributed by atoms with E-state index in [1.54, 1.807) is 0 Å². The summed E-state index contributed by atoms with van der Waals surface area (Å²) in [5.74, 6) is 0. The van der Waals surface area contributed by atoms with Crippen LogP contribution in [0.2, 0.25) is 0 Å². The van der Waals surface area contributed by atoms with E-state index < -0.39 is 0 Å². The third-order valence-corrected chi connectivity index (χ3v) is 5.20. The van der Waals surface area contributed by atoms with E-state index in [0.29, 0.717) is 0 Å². The van der Waals surface area contributed by atoms with E-state index in [1.165, 1.54) is 64.7 Å². The van der Waals surface area contributed by atoms with Gasteiger partial charge >= 0.3 is 0 Å². The van der Waals surface area contributed by atoms with E-state index in [2.05, 4.69) is 36.0 Å². The minimum atomic E-state index is 0.768. The summed E-state index contributed by atoms with van der Waals surface area (Å²) in [7, 11) is 2.14. The molecule has 1 N–H and O–H groups in total. The molecule has 2 saturated heterocycles. The number of likely N-dealkylation sites (N-methyl/N-ethyl adjacent to an activating group) is 1. The highest BCUT2D eigenvalue weighted by Gasteiger charge is 2.37. The zero-order valence-corrected chi connectivity index (χ0v) is 13.2. The van der Waals surface area contributed by atoms with Crippen LogP contribution in [-0.2, 0) is 0 Å². The molecular formula is C16H33N3. The summed E-state index contributed by atoms with van der Waals surface area (Å²) in [5.41, 5.74) is 0. The SMILES string of the molecule is CCCN(CC)CCN1C2CCCC1CC(NC)C2. The summed E-state index contributed by atoms with van der Waals surface area (Å²) in [4.78, 5) is 5.45. The molecule has 2 aliphatic heterocycles. The Hall–Kier alpha value is -0.120. The molecule has 0 spiro atoms. The van der Waals surface area contributed by atoms with Crippen LogP contribution in [0, 0.1) is 0 Å². The minimum Gasteiger partial charge on any atom is -0.317 e. The lowest BCUT2D eigenvalue weighted by molar-refractivity contribution is 0.0189. The Bertz CT molecular complexity index is 242.